The Hall–Kier alpha value is -3.88. The number of rotatable bonds is 6. The molecule has 9 heteroatoms. The van der Waals surface area contributed by atoms with Crippen molar-refractivity contribution in [3.05, 3.63) is 94.9 Å². The van der Waals surface area contributed by atoms with Crippen LogP contribution in [0.15, 0.2) is 78.2 Å². The molecule has 0 aliphatic heterocycles. The van der Waals surface area contributed by atoms with Crippen molar-refractivity contribution in [3.63, 3.8) is 0 Å². The average molecular weight is 414 g/mol. The third kappa shape index (κ3) is 5.13. The van der Waals surface area contributed by atoms with Gasteiger partial charge in [-0.15, -0.1) is 0 Å². The lowest BCUT2D eigenvalue weighted by Crippen LogP contribution is -2.22. The molecule has 154 valence electrons. The largest absolute Gasteiger partial charge is 0.416 e. The zero-order chi connectivity index (χ0) is 21.7. The molecule has 3 rings (SSSR count). The van der Waals surface area contributed by atoms with E-state index in [9.17, 15) is 22.8 Å². The highest BCUT2D eigenvalue weighted by Crippen LogP contribution is 2.31. The van der Waals surface area contributed by atoms with Crippen LogP contribution in [0.4, 0.5) is 30.2 Å². The van der Waals surface area contributed by atoms with E-state index < -0.39 is 17.6 Å². The van der Waals surface area contributed by atoms with Gasteiger partial charge in [-0.25, -0.2) is 4.68 Å². The minimum absolute atomic E-state index is 0.0838. The van der Waals surface area contributed by atoms with Crippen molar-refractivity contribution in [2.24, 2.45) is 0 Å². The van der Waals surface area contributed by atoms with Crippen LogP contribution in [0.3, 0.4) is 0 Å². The predicted molar refractivity (Wildman–Crippen MR) is 108 cm³/mol. The van der Waals surface area contributed by atoms with Gasteiger partial charge in [-0.3, -0.25) is 9.59 Å². The summed E-state index contributed by atoms with van der Waals surface area (Å²) in [6, 6.07) is 12.4. The summed E-state index contributed by atoms with van der Waals surface area (Å²) in [6.07, 6.45) is -1.83. The van der Waals surface area contributed by atoms with Gasteiger partial charge in [0.25, 0.3) is 5.56 Å². The Morgan fingerprint density at radius 2 is 1.80 bits per heavy atom. The molecule has 1 heterocycles. The minimum Gasteiger partial charge on any atom is -0.355 e. The molecule has 0 spiro atoms. The second-order valence-electron chi connectivity index (χ2n) is 6.28. The minimum atomic E-state index is -4.42. The monoisotopic (exact) mass is 414 g/mol. The Morgan fingerprint density at radius 3 is 2.43 bits per heavy atom. The molecule has 2 N–H and O–H groups in total. The van der Waals surface area contributed by atoms with Crippen molar-refractivity contribution < 1.29 is 18.0 Å². The summed E-state index contributed by atoms with van der Waals surface area (Å²) >= 11 is 0. The summed E-state index contributed by atoms with van der Waals surface area (Å²) in [4.78, 5) is 23.6. The molecule has 1 amide bonds. The van der Waals surface area contributed by atoms with Gasteiger partial charge in [0.1, 0.15) is 0 Å². The summed E-state index contributed by atoms with van der Waals surface area (Å²) in [7, 11) is 0. The molecular weight excluding hydrogens is 397 g/mol. The fraction of sp³-hybridized carbons (Fsp3) is 0.0952. The number of anilines is 3. The number of alkyl halides is 3. The number of nitrogens with zero attached hydrogens (tertiary/aromatic N) is 2. The number of halogens is 3. The van der Waals surface area contributed by atoms with Crippen LogP contribution < -0.4 is 16.2 Å². The molecule has 0 aliphatic rings. The summed E-state index contributed by atoms with van der Waals surface area (Å²) in [5, 5.41) is 9.69. The van der Waals surface area contributed by atoms with Crippen molar-refractivity contribution in [3.8, 4) is 0 Å². The molecule has 0 radical (unpaired) electrons. The van der Waals surface area contributed by atoms with E-state index in [0.29, 0.717) is 22.6 Å². The van der Waals surface area contributed by atoms with Crippen molar-refractivity contribution in [1.82, 2.24) is 9.78 Å². The number of benzene rings is 2. The third-order valence-corrected chi connectivity index (χ3v) is 4.15. The van der Waals surface area contributed by atoms with Gasteiger partial charge >= 0.3 is 6.18 Å². The van der Waals surface area contributed by atoms with Gasteiger partial charge in [0.05, 0.1) is 12.1 Å². The first-order valence-electron chi connectivity index (χ1n) is 8.79. The lowest BCUT2D eigenvalue weighted by Gasteiger charge is -2.15. The van der Waals surface area contributed by atoms with E-state index in [0.717, 1.165) is 18.2 Å². The lowest BCUT2D eigenvalue weighted by molar-refractivity contribution is -0.137. The van der Waals surface area contributed by atoms with E-state index in [-0.39, 0.29) is 12.1 Å². The highest BCUT2D eigenvalue weighted by molar-refractivity contribution is 5.99. The van der Waals surface area contributed by atoms with Crippen LogP contribution in [0.5, 0.6) is 0 Å². The van der Waals surface area contributed by atoms with Crippen molar-refractivity contribution >= 4 is 23.0 Å². The average Bonchev–Trinajstić information content (AvgIpc) is 2.71. The number of nitrogens with one attached hydrogen (secondary N) is 2. The standard InChI is InChI=1S/C21H17F3N4O2/c1-2-19(29)27-17-9-10-18(14(12-17)13-28-20(30)4-3-11-25-28)26-16-7-5-15(6-8-16)21(22,23)24/h2-12,26H,1,13H2,(H,27,29). The molecule has 0 saturated carbocycles. The van der Waals surface area contributed by atoms with Crippen LogP contribution in [0.25, 0.3) is 0 Å². The Labute approximate surface area is 169 Å². The number of carbonyl (C=O) groups is 1. The van der Waals surface area contributed by atoms with E-state index in [4.69, 9.17) is 0 Å². The van der Waals surface area contributed by atoms with Crippen molar-refractivity contribution in [2.75, 3.05) is 10.6 Å². The molecule has 2 aromatic carbocycles. The van der Waals surface area contributed by atoms with Crippen LogP contribution in [-0.4, -0.2) is 15.7 Å². The number of hydrogen-bond acceptors (Lipinski definition) is 4. The fourth-order valence-corrected chi connectivity index (χ4v) is 2.68. The smallest absolute Gasteiger partial charge is 0.355 e. The Bertz CT molecular complexity index is 1120. The van der Waals surface area contributed by atoms with Crippen molar-refractivity contribution in [1.29, 1.82) is 0 Å². The van der Waals surface area contributed by atoms with Gasteiger partial charge in [0, 0.05) is 29.3 Å². The zero-order valence-corrected chi connectivity index (χ0v) is 15.6. The Kier molecular flexibility index (Phi) is 6.01. The van der Waals surface area contributed by atoms with Crippen LogP contribution in [0.1, 0.15) is 11.1 Å². The molecule has 1 aromatic heterocycles. The van der Waals surface area contributed by atoms with Gasteiger partial charge in [-0.05, 0) is 60.2 Å². The number of carbonyl (C=O) groups excluding carboxylic acids is 1. The first-order chi connectivity index (χ1) is 14.3. The molecular formula is C21H17F3N4O2. The maximum Gasteiger partial charge on any atom is 0.416 e. The normalized spacial score (nSPS) is 11.0. The molecule has 0 bridgehead atoms. The number of hydrogen-bond donors (Lipinski definition) is 2. The topological polar surface area (TPSA) is 76.0 Å². The molecule has 0 aliphatic carbocycles. The molecule has 0 saturated heterocycles. The first-order valence-corrected chi connectivity index (χ1v) is 8.79. The van der Waals surface area contributed by atoms with Gasteiger partial charge in [-0.1, -0.05) is 6.58 Å². The Morgan fingerprint density at radius 1 is 1.10 bits per heavy atom. The second kappa shape index (κ2) is 8.64. The molecule has 30 heavy (non-hydrogen) atoms. The zero-order valence-electron chi connectivity index (χ0n) is 15.6. The molecule has 0 atom stereocenters. The second-order valence-corrected chi connectivity index (χ2v) is 6.28. The van der Waals surface area contributed by atoms with Gasteiger partial charge in [0.15, 0.2) is 0 Å². The molecule has 0 unspecified atom stereocenters. The third-order valence-electron chi connectivity index (χ3n) is 4.15. The van der Waals surface area contributed by atoms with Crippen molar-refractivity contribution in [2.45, 2.75) is 12.7 Å². The van der Waals surface area contributed by atoms with E-state index >= 15 is 0 Å². The summed E-state index contributed by atoms with van der Waals surface area (Å²) in [6.45, 7) is 3.48. The van der Waals surface area contributed by atoms with Crippen LogP contribution in [0.2, 0.25) is 0 Å². The van der Waals surface area contributed by atoms with Gasteiger partial charge in [-0.2, -0.15) is 18.3 Å². The molecule has 6 nitrogen and oxygen atoms in total. The molecule has 3 aromatic rings. The summed E-state index contributed by atoms with van der Waals surface area (Å²) < 4.78 is 39.5. The summed E-state index contributed by atoms with van der Waals surface area (Å²) in [5.74, 6) is -0.403. The molecule has 0 fully saturated rings. The predicted octanol–water partition coefficient (Wildman–Crippen LogP) is 4.18. The lowest BCUT2D eigenvalue weighted by atomic mass is 10.1. The SMILES string of the molecule is C=CC(=O)Nc1ccc(Nc2ccc(C(F)(F)F)cc2)c(Cn2ncccc2=O)c1. The quantitative estimate of drug-likeness (QED) is 0.594. The van der Waals surface area contributed by atoms with E-state index in [2.05, 4.69) is 22.3 Å². The van der Waals surface area contributed by atoms with E-state index in [1.807, 2.05) is 0 Å². The van der Waals surface area contributed by atoms with E-state index in [1.54, 1.807) is 18.2 Å². The maximum absolute atomic E-state index is 12.8. The van der Waals surface area contributed by atoms with Crippen LogP contribution >= 0.6 is 0 Å². The first kappa shape index (κ1) is 20.8. The van der Waals surface area contributed by atoms with Crippen LogP contribution in [-0.2, 0) is 17.5 Å². The number of aromatic nitrogens is 2. The van der Waals surface area contributed by atoms with Gasteiger partial charge < -0.3 is 10.6 Å². The maximum atomic E-state index is 12.8. The highest BCUT2D eigenvalue weighted by atomic mass is 19.4. The highest BCUT2D eigenvalue weighted by Gasteiger charge is 2.29. The Balaban J connectivity index is 1.94. The van der Waals surface area contributed by atoms with E-state index in [1.165, 1.54) is 35.1 Å². The van der Waals surface area contributed by atoms with Crippen LogP contribution in [0, 0.1) is 0 Å². The summed E-state index contributed by atoms with van der Waals surface area (Å²) in [5.41, 5.74) is 0.966. The fourth-order valence-electron chi connectivity index (χ4n) is 2.68. The number of amides is 1. The van der Waals surface area contributed by atoms with Gasteiger partial charge in [0.2, 0.25) is 5.91 Å².